The van der Waals surface area contributed by atoms with Crippen molar-refractivity contribution in [1.82, 2.24) is 5.43 Å². The van der Waals surface area contributed by atoms with E-state index < -0.39 is 0 Å². The van der Waals surface area contributed by atoms with E-state index in [4.69, 9.17) is 5.84 Å². The molecule has 2 fully saturated rings. The van der Waals surface area contributed by atoms with Gasteiger partial charge in [0.1, 0.15) is 0 Å². The third kappa shape index (κ3) is 3.67. The lowest BCUT2D eigenvalue weighted by atomic mass is 9.76. The minimum atomic E-state index is 0.337. The number of hydrazine groups is 1. The lowest BCUT2D eigenvalue weighted by Gasteiger charge is -2.31. The fourth-order valence-corrected chi connectivity index (χ4v) is 4.13. The van der Waals surface area contributed by atoms with Crippen molar-refractivity contribution in [2.24, 2.45) is 11.8 Å². The Morgan fingerprint density at radius 2 is 1.76 bits per heavy atom. The number of hydrogen-bond acceptors (Lipinski definition) is 2. The molecule has 3 N–H and O–H groups in total. The molecule has 0 aliphatic heterocycles. The van der Waals surface area contributed by atoms with Crippen LogP contribution in [-0.4, -0.2) is 0 Å². The van der Waals surface area contributed by atoms with Crippen molar-refractivity contribution >= 4 is 0 Å². The minimum absolute atomic E-state index is 0.337. The van der Waals surface area contributed by atoms with Crippen LogP contribution in [0.25, 0.3) is 0 Å². The highest BCUT2D eigenvalue weighted by molar-refractivity contribution is 5.34. The van der Waals surface area contributed by atoms with Crippen LogP contribution >= 0.6 is 0 Å². The van der Waals surface area contributed by atoms with E-state index in [2.05, 4.69) is 29.7 Å². The maximum absolute atomic E-state index is 5.90. The minimum Gasteiger partial charge on any atom is -0.271 e. The maximum Gasteiger partial charge on any atom is 0.0462 e. The third-order valence-electron chi connectivity index (χ3n) is 5.71. The lowest BCUT2D eigenvalue weighted by molar-refractivity contribution is 0.313. The molecule has 2 aliphatic rings. The van der Waals surface area contributed by atoms with Crippen molar-refractivity contribution in [2.45, 2.75) is 76.2 Å². The molecule has 0 heterocycles. The topological polar surface area (TPSA) is 38.0 Å². The zero-order chi connectivity index (χ0) is 14.5. The van der Waals surface area contributed by atoms with E-state index in [9.17, 15) is 0 Å². The zero-order valence-electron chi connectivity index (χ0n) is 13.2. The summed E-state index contributed by atoms with van der Waals surface area (Å²) < 4.78 is 0. The molecular weight excluding hydrogens is 256 g/mol. The van der Waals surface area contributed by atoms with Crippen molar-refractivity contribution in [3.05, 3.63) is 35.4 Å². The second-order valence-corrected chi connectivity index (χ2v) is 7.06. The molecule has 0 amide bonds. The largest absolute Gasteiger partial charge is 0.271 e. The van der Waals surface area contributed by atoms with Crippen LogP contribution in [0, 0.1) is 5.92 Å². The van der Waals surface area contributed by atoms with E-state index in [0.29, 0.717) is 6.04 Å². The van der Waals surface area contributed by atoms with Gasteiger partial charge < -0.3 is 0 Å². The predicted octanol–water partition coefficient (Wildman–Crippen LogP) is 4.82. The van der Waals surface area contributed by atoms with E-state index in [-0.39, 0.29) is 0 Å². The van der Waals surface area contributed by atoms with Gasteiger partial charge in [0, 0.05) is 6.04 Å². The number of benzene rings is 1. The first kappa shape index (κ1) is 15.1. The summed E-state index contributed by atoms with van der Waals surface area (Å²) in [5, 5.41) is 0. The second kappa shape index (κ2) is 7.42. The molecule has 1 atom stereocenters. The van der Waals surface area contributed by atoms with Crippen LogP contribution in [0.4, 0.5) is 0 Å². The van der Waals surface area contributed by atoms with E-state index in [1.807, 2.05) is 0 Å². The first-order chi connectivity index (χ1) is 10.4. The molecule has 1 aromatic rings. The van der Waals surface area contributed by atoms with E-state index in [0.717, 1.165) is 11.8 Å². The molecule has 2 nitrogen and oxygen atoms in total. The molecule has 0 aromatic heterocycles. The molecule has 1 aromatic carbocycles. The fourth-order valence-electron chi connectivity index (χ4n) is 4.13. The quantitative estimate of drug-likeness (QED) is 0.581. The van der Waals surface area contributed by atoms with Crippen LogP contribution in [0.5, 0.6) is 0 Å². The molecule has 2 aliphatic carbocycles. The van der Waals surface area contributed by atoms with Crippen molar-refractivity contribution in [1.29, 1.82) is 0 Å². The summed E-state index contributed by atoms with van der Waals surface area (Å²) in [5.74, 6) is 7.62. The number of rotatable bonds is 6. The lowest BCUT2D eigenvalue weighted by Crippen LogP contribution is -2.30. The van der Waals surface area contributed by atoms with Gasteiger partial charge in [0.05, 0.1) is 0 Å². The summed E-state index contributed by atoms with van der Waals surface area (Å²) in [6.07, 6.45) is 13.8. The Morgan fingerprint density at radius 1 is 1.00 bits per heavy atom. The highest BCUT2D eigenvalue weighted by atomic mass is 15.2. The Balaban J connectivity index is 1.64. The normalized spacial score (nSPS) is 22.0. The number of hydrogen-bond donors (Lipinski definition) is 2. The first-order valence-electron chi connectivity index (χ1n) is 8.93. The average molecular weight is 286 g/mol. The zero-order valence-corrected chi connectivity index (χ0v) is 13.2. The van der Waals surface area contributed by atoms with Crippen LogP contribution in [0.15, 0.2) is 24.3 Å². The van der Waals surface area contributed by atoms with Gasteiger partial charge in [-0.15, -0.1) is 0 Å². The monoisotopic (exact) mass is 286 g/mol. The molecule has 0 spiro atoms. The molecule has 0 saturated heterocycles. The van der Waals surface area contributed by atoms with Gasteiger partial charge in [-0.25, -0.2) is 0 Å². The summed E-state index contributed by atoms with van der Waals surface area (Å²) >= 11 is 0. The van der Waals surface area contributed by atoms with E-state index in [1.165, 1.54) is 69.8 Å². The second-order valence-electron chi connectivity index (χ2n) is 7.06. The molecule has 1 unspecified atom stereocenters. The molecule has 2 saturated carbocycles. The van der Waals surface area contributed by atoms with Crippen LogP contribution < -0.4 is 11.3 Å². The molecule has 2 heteroatoms. The van der Waals surface area contributed by atoms with Crippen molar-refractivity contribution in [3.8, 4) is 0 Å². The van der Waals surface area contributed by atoms with Crippen molar-refractivity contribution < 1.29 is 0 Å². The Morgan fingerprint density at radius 3 is 2.43 bits per heavy atom. The fraction of sp³-hybridized carbons (Fsp3) is 0.684. The molecular formula is C19H30N2. The maximum atomic E-state index is 5.90. The Bertz CT molecular complexity index is 433. The van der Waals surface area contributed by atoms with Crippen LogP contribution in [0.2, 0.25) is 0 Å². The van der Waals surface area contributed by atoms with Crippen LogP contribution in [0.3, 0.4) is 0 Å². The standard InChI is InChI=1S/C19H30N2/c20-21-19(14-13-15-7-2-1-3-8-15)18-12-5-4-11-17(18)16-9-6-10-16/h4-5,11-12,15-16,19,21H,1-3,6-10,13-14,20H2. The average Bonchev–Trinajstić information content (AvgIpc) is 2.49. The van der Waals surface area contributed by atoms with Gasteiger partial charge in [-0.05, 0) is 48.6 Å². The molecule has 3 rings (SSSR count). The summed E-state index contributed by atoms with van der Waals surface area (Å²) in [5.41, 5.74) is 6.11. The number of nitrogens with one attached hydrogen (secondary N) is 1. The smallest absolute Gasteiger partial charge is 0.0462 e. The Kier molecular flexibility index (Phi) is 5.32. The number of nitrogens with two attached hydrogens (primary N) is 1. The van der Waals surface area contributed by atoms with Gasteiger partial charge in [-0.3, -0.25) is 11.3 Å². The summed E-state index contributed by atoms with van der Waals surface area (Å²) in [6, 6.07) is 9.31. The van der Waals surface area contributed by atoms with Crippen molar-refractivity contribution in [2.75, 3.05) is 0 Å². The van der Waals surface area contributed by atoms with E-state index in [1.54, 1.807) is 5.56 Å². The van der Waals surface area contributed by atoms with Crippen molar-refractivity contribution in [3.63, 3.8) is 0 Å². The van der Waals surface area contributed by atoms with E-state index >= 15 is 0 Å². The summed E-state index contributed by atoms with van der Waals surface area (Å²) in [7, 11) is 0. The van der Waals surface area contributed by atoms with Crippen LogP contribution in [-0.2, 0) is 0 Å². The van der Waals surface area contributed by atoms with Gasteiger partial charge in [0.25, 0.3) is 0 Å². The SMILES string of the molecule is NNC(CCC1CCCCC1)c1ccccc1C1CCC1. The molecule has 0 radical (unpaired) electrons. The van der Waals surface area contributed by atoms with Gasteiger partial charge in [0.2, 0.25) is 0 Å². The Labute approximate surface area is 129 Å². The van der Waals surface area contributed by atoms with Gasteiger partial charge >= 0.3 is 0 Å². The third-order valence-corrected chi connectivity index (χ3v) is 5.71. The molecule has 21 heavy (non-hydrogen) atoms. The Hall–Kier alpha value is -0.860. The highest BCUT2D eigenvalue weighted by Gasteiger charge is 2.25. The van der Waals surface area contributed by atoms with Crippen LogP contribution in [0.1, 0.15) is 87.3 Å². The molecule has 116 valence electrons. The molecule has 0 bridgehead atoms. The summed E-state index contributed by atoms with van der Waals surface area (Å²) in [4.78, 5) is 0. The predicted molar refractivity (Wildman–Crippen MR) is 88.9 cm³/mol. The highest BCUT2D eigenvalue weighted by Crippen LogP contribution is 2.40. The van der Waals surface area contributed by atoms with Gasteiger partial charge in [0.15, 0.2) is 0 Å². The van der Waals surface area contributed by atoms with Gasteiger partial charge in [-0.2, -0.15) is 0 Å². The summed E-state index contributed by atoms with van der Waals surface area (Å²) in [6.45, 7) is 0. The first-order valence-corrected chi connectivity index (χ1v) is 8.93. The van der Waals surface area contributed by atoms with Gasteiger partial charge in [-0.1, -0.05) is 62.8 Å².